The Balaban J connectivity index is 1.99. The molecule has 2 aliphatic carbocycles. The standard InChI is InChI=1S/C24H47N/c1-8-18(4)19(5)11-12-21(16-25-7)23-15-24(23,9-2)22-13-10-17(3)14-20(22)6/h17-23,25H,8-16H2,1-7H3/t17?,18?,19-,20?,21?,22?,23?,24?/m1/s1. The Kier molecular flexibility index (Phi) is 7.86. The molecule has 0 heterocycles. The summed E-state index contributed by atoms with van der Waals surface area (Å²) in [6.07, 6.45) is 11.6. The SMILES string of the molecule is CCC(C)[C@H](C)CCC(CNC)C1CC1(CC)C1CCC(C)CC1C. The van der Waals surface area contributed by atoms with Crippen LogP contribution in [0.5, 0.6) is 0 Å². The highest BCUT2D eigenvalue weighted by molar-refractivity contribution is 5.09. The molecule has 0 radical (unpaired) electrons. The van der Waals surface area contributed by atoms with Gasteiger partial charge < -0.3 is 5.32 Å². The molecule has 148 valence electrons. The predicted molar refractivity (Wildman–Crippen MR) is 112 cm³/mol. The number of hydrogen-bond donors (Lipinski definition) is 1. The van der Waals surface area contributed by atoms with Crippen LogP contribution in [-0.4, -0.2) is 13.6 Å². The minimum absolute atomic E-state index is 0.695. The molecule has 2 rings (SSSR count). The van der Waals surface area contributed by atoms with E-state index in [1.165, 1.54) is 57.9 Å². The van der Waals surface area contributed by atoms with E-state index in [0.717, 1.165) is 41.4 Å². The maximum absolute atomic E-state index is 3.54. The summed E-state index contributed by atoms with van der Waals surface area (Å²) in [6, 6.07) is 0. The van der Waals surface area contributed by atoms with Crippen LogP contribution in [0, 0.1) is 46.8 Å². The second kappa shape index (κ2) is 9.25. The van der Waals surface area contributed by atoms with E-state index < -0.39 is 0 Å². The molecule has 25 heavy (non-hydrogen) atoms. The highest BCUT2D eigenvalue weighted by atomic mass is 14.8. The number of rotatable bonds is 10. The first kappa shape index (κ1) is 21.3. The monoisotopic (exact) mass is 349 g/mol. The quantitative estimate of drug-likeness (QED) is 0.458. The zero-order valence-corrected chi connectivity index (χ0v) is 18.4. The van der Waals surface area contributed by atoms with Crippen LogP contribution in [-0.2, 0) is 0 Å². The van der Waals surface area contributed by atoms with Crippen LogP contribution >= 0.6 is 0 Å². The molecule has 0 aromatic rings. The van der Waals surface area contributed by atoms with E-state index >= 15 is 0 Å². The van der Waals surface area contributed by atoms with Gasteiger partial charge in [0.05, 0.1) is 0 Å². The molecule has 1 nitrogen and oxygen atoms in total. The van der Waals surface area contributed by atoms with E-state index in [4.69, 9.17) is 0 Å². The Hall–Kier alpha value is -0.0400. The molecule has 2 aliphatic rings. The molecule has 2 saturated carbocycles. The average molecular weight is 350 g/mol. The molecule has 1 N–H and O–H groups in total. The normalized spacial score (nSPS) is 39.0. The summed E-state index contributed by atoms with van der Waals surface area (Å²) in [5.74, 6) is 6.58. The summed E-state index contributed by atoms with van der Waals surface area (Å²) < 4.78 is 0. The molecule has 0 aromatic carbocycles. The van der Waals surface area contributed by atoms with Crippen molar-refractivity contribution in [1.29, 1.82) is 0 Å². The van der Waals surface area contributed by atoms with E-state index in [9.17, 15) is 0 Å². The van der Waals surface area contributed by atoms with Crippen LogP contribution in [0.15, 0.2) is 0 Å². The minimum Gasteiger partial charge on any atom is -0.319 e. The van der Waals surface area contributed by atoms with Gasteiger partial charge >= 0.3 is 0 Å². The van der Waals surface area contributed by atoms with E-state index in [2.05, 4.69) is 53.9 Å². The van der Waals surface area contributed by atoms with Crippen molar-refractivity contribution in [2.75, 3.05) is 13.6 Å². The topological polar surface area (TPSA) is 12.0 Å². The van der Waals surface area contributed by atoms with Gasteiger partial charge in [0.1, 0.15) is 0 Å². The summed E-state index contributed by atoms with van der Waals surface area (Å²) in [6.45, 7) is 16.0. The lowest BCUT2D eigenvalue weighted by Crippen LogP contribution is -2.33. The van der Waals surface area contributed by atoms with E-state index in [1.54, 1.807) is 0 Å². The second-order valence-electron chi connectivity index (χ2n) is 10.2. The van der Waals surface area contributed by atoms with Crippen LogP contribution in [0.4, 0.5) is 0 Å². The zero-order valence-electron chi connectivity index (χ0n) is 18.4. The van der Waals surface area contributed by atoms with Gasteiger partial charge in [-0.3, -0.25) is 0 Å². The maximum Gasteiger partial charge on any atom is -0.00207 e. The van der Waals surface area contributed by atoms with Crippen molar-refractivity contribution < 1.29 is 0 Å². The molecular formula is C24H47N. The van der Waals surface area contributed by atoms with Crippen molar-refractivity contribution in [2.45, 2.75) is 92.9 Å². The van der Waals surface area contributed by atoms with Crippen LogP contribution < -0.4 is 5.32 Å². The molecule has 0 spiro atoms. The molecule has 8 atom stereocenters. The van der Waals surface area contributed by atoms with E-state index in [-0.39, 0.29) is 0 Å². The molecule has 0 saturated heterocycles. The lowest BCUT2D eigenvalue weighted by molar-refractivity contribution is 0.101. The molecule has 0 bridgehead atoms. The fourth-order valence-corrected chi connectivity index (χ4v) is 6.47. The second-order valence-corrected chi connectivity index (χ2v) is 10.2. The predicted octanol–water partition coefficient (Wildman–Crippen LogP) is 6.77. The van der Waals surface area contributed by atoms with Crippen molar-refractivity contribution in [2.24, 2.45) is 46.8 Å². The first-order valence-corrected chi connectivity index (χ1v) is 11.5. The molecule has 1 heteroatoms. The Bertz CT molecular complexity index is 392. The molecule has 2 fully saturated rings. The third-order valence-electron chi connectivity index (χ3n) is 8.65. The molecule has 0 aliphatic heterocycles. The van der Waals surface area contributed by atoms with Crippen molar-refractivity contribution in [3.05, 3.63) is 0 Å². The van der Waals surface area contributed by atoms with Gasteiger partial charge in [0.15, 0.2) is 0 Å². The van der Waals surface area contributed by atoms with Gasteiger partial charge in [-0.05, 0) is 92.5 Å². The Morgan fingerprint density at radius 2 is 1.76 bits per heavy atom. The summed E-state index contributed by atoms with van der Waals surface area (Å²) in [5, 5.41) is 3.54. The van der Waals surface area contributed by atoms with Crippen molar-refractivity contribution in [3.63, 3.8) is 0 Å². The first-order valence-electron chi connectivity index (χ1n) is 11.5. The highest BCUT2D eigenvalue weighted by Gasteiger charge is 2.60. The van der Waals surface area contributed by atoms with Crippen LogP contribution in [0.2, 0.25) is 0 Å². The summed E-state index contributed by atoms with van der Waals surface area (Å²) in [4.78, 5) is 0. The van der Waals surface area contributed by atoms with Crippen LogP contribution in [0.1, 0.15) is 92.9 Å². The Morgan fingerprint density at radius 3 is 2.32 bits per heavy atom. The molecule has 0 aromatic heterocycles. The number of nitrogens with one attached hydrogen (secondary N) is 1. The summed E-state index contributed by atoms with van der Waals surface area (Å²) in [5.41, 5.74) is 0.695. The summed E-state index contributed by atoms with van der Waals surface area (Å²) >= 11 is 0. The molecular weight excluding hydrogens is 302 g/mol. The largest absolute Gasteiger partial charge is 0.319 e. The molecule has 7 unspecified atom stereocenters. The van der Waals surface area contributed by atoms with Gasteiger partial charge in [0.2, 0.25) is 0 Å². The van der Waals surface area contributed by atoms with Crippen molar-refractivity contribution >= 4 is 0 Å². The Morgan fingerprint density at radius 1 is 1.04 bits per heavy atom. The van der Waals surface area contributed by atoms with E-state index in [0.29, 0.717) is 5.41 Å². The fraction of sp³-hybridized carbons (Fsp3) is 1.00. The van der Waals surface area contributed by atoms with Gasteiger partial charge in [-0.15, -0.1) is 0 Å². The molecule has 0 amide bonds. The van der Waals surface area contributed by atoms with Gasteiger partial charge in [-0.1, -0.05) is 60.8 Å². The number of hydrogen-bond acceptors (Lipinski definition) is 1. The third-order valence-corrected chi connectivity index (χ3v) is 8.65. The van der Waals surface area contributed by atoms with Crippen LogP contribution in [0.25, 0.3) is 0 Å². The van der Waals surface area contributed by atoms with Gasteiger partial charge in [-0.25, -0.2) is 0 Å². The van der Waals surface area contributed by atoms with Crippen molar-refractivity contribution in [1.82, 2.24) is 5.32 Å². The average Bonchev–Trinajstić information content (AvgIpc) is 3.33. The smallest absolute Gasteiger partial charge is 0.00207 e. The minimum atomic E-state index is 0.695. The lowest BCUT2D eigenvalue weighted by Gasteiger charge is -2.40. The Labute approximate surface area is 159 Å². The highest BCUT2D eigenvalue weighted by Crippen LogP contribution is 2.67. The van der Waals surface area contributed by atoms with Gasteiger partial charge in [-0.2, -0.15) is 0 Å². The first-order chi connectivity index (χ1) is 11.9. The maximum atomic E-state index is 3.54. The van der Waals surface area contributed by atoms with Gasteiger partial charge in [0, 0.05) is 0 Å². The lowest BCUT2D eigenvalue weighted by atomic mass is 9.66. The summed E-state index contributed by atoms with van der Waals surface area (Å²) in [7, 11) is 2.16. The van der Waals surface area contributed by atoms with Gasteiger partial charge in [0.25, 0.3) is 0 Å². The fourth-order valence-electron chi connectivity index (χ4n) is 6.47. The van der Waals surface area contributed by atoms with Crippen molar-refractivity contribution in [3.8, 4) is 0 Å². The third kappa shape index (κ3) is 4.82. The van der Waals surface area contributed by atoms with Crippen LogP contribution in [0.3, 0.4) is 0 Å². The zero-order chi connectivity index (χ0) is 18.6. The van der Waals surface area contributed by atoms with E-state index in [1.807, 2.05) is 0 Å².